The summed E-state index contributed by atoms with van der Waals surface area (Å²) in [7, 11) is 3.09. The highest BCUT2D eigenvalue weighted by Crippen LogP contribution is 2.17. The summed E-state index contributed by atoms with van der Waals surface area (Å²) in [5.41, 5.74) is 0.264. The predicted octanol–water partition coefficient (Wildman–Crippen LogP) is 1.20. The molecule has 0 rings (SSSR count). The third-order valence-electron chi connectivity index (χ3n) is 2.12. The number of likely N-dealkylation sites (N-methyl/N-ethyl adjacent to an activating group) is 1. The second-order valence-corrected chi connectivity index (χ2v) is 4.75. The molecule has 0 spiro atoms. The van der Waals surface area contributed by atoms with Crippen LogP contribution in [0.15, 0.2) is 0 Å². The van der Waals surface area contributed by atoms with Gasteiger partial charge in [-0.2, -0.15) is 0 Å². The van der Waals surface area contributed by atoms with Crippen LogP contribution < -0.4 is 5.32 Å². The van der Waals surface area contributed by atoms with E-state index >= 15 is 0 Å². The lowest BCUT2D eigenvalue weighted by Gasteiger charge is -2.19. The van der Waals surface area contributed by atoms with Crippen molar-refractivity contribution >= 4 is 5.97 Å². The van der Waals surface area contributed by atoms with Gasteiger partial charge in [-0.05, 0) is 18.9 Å². The number of carbonyl (C=O) groups is 1. The topological polar surface area (TPSA) is 47.6 Å². The minimum absolute atomic E-state index is 0.264. The zero-order chi connectivity index (χ0) is 11.9. The highest BCUT2D eigenvalue weighted by Gasteiger charge is 2.17. The monoisotopic (exact) mass is 217 g/mol. The molecule has 1 unspecified atom stereocenters. The largest absolute Gasteiger partial charge is 0.468 e. The fraction of sp³-hybridized carbons (Fsp3) is 0.909. The molecule has 0 aromatic carbocycles. The van der Waals surface area contributed by atoms with Crippen LogP contribution in [0.25, 0.3) is 0 Å². The Balaban J connectivity index is 3.69. The molecule has 0 amide bonds. The van der Waals surface area contributed by atoms with E-state index in [1.807, 2.05) is 0 Å². The van der Waals surface area contributed by atoms with Gasteiger partial charge in [-0.25, -0.2) is 0 Å². The third-order valence-corrected chi connectivity index (χ3v) is 2.12. The summed E-state index contributed by atoms with van der Waals surface area (Å²) in [5.74, 6) is -0.284. The minimum atomic E-state index is -0.366. The van der Waals surface area contributed by atoms with Gasteiger partial charge in [0.2, 0.25) is 0 Å². The van der Waals surface area contributed by atoms with Crippen molar-refractivity contribution in [1.29, 1.82) is 0 Å². The highest BCUT2D eigenvalue weighted by atomic mass is 16.5. The molecule has 0 saturated heterocycles. The maximum Gasteiger partial charge on any atom is 0.325 e. The summed E-state index contributed by atoms with van der Waals surface area (Å²) < 4.78 is 10.0. The van der Waals surface area contributed by atoms with E-state index in [1.54, 1.807) is 7.05 Å². The Labute approximate surface area is 92.3 Å². The first-order valence-corrected chi connectivity index (χ1v) is 5.23. The van der Waals surface area contributed by atoms with Crippen LogP contribution in [0.1, 0.15) is 27.2 Å². The molecule has 0 heterocycles. The molecule has 0 radical (unpaired) electrons. The van der Waals surface area contributed by atoms with Crippen LogP contribution >= 0.6 is 0 Å². The number of rotatable bonds is 6. The van der Waals surface area contributed by atoms with Gasteiger partial charge >= 0.3 is 5.97 Å². The molecule has 0 aliphatic rings. The summed E-state index contributed by atoms with van der Waals surface area (Å²) in [6.45, 7) is 7.50. The molecule has 0 aromatic heterocycles. The van der Waals surface area contributed by atoms with E-state index in [0.717, 1.165) is 6.42 Å². The summed E-state index contributed by atoms with van der Waals surface area (Å²) in [6, 6.07) is -0.366. The number of esters is 1. The molecule has 0 aliphatic heterocycles. The molecule has 0 saturated carbocycles. The molecule has 4 nitrogen and oxygen atoms in total. The number of carbonyl (C=O) groups excluding carboxylic acids is 1. The van der Waals surface area contributed by atoms with Crippen molar-refractivity contribution in [3.8, 4) is 0 Å². The molecule has 90 valence electrons. The van der Waals surface area contributed by atoms with E-state index in [4.69, 9.17) is 4.74 Å². The normalized spacial score (nSPS) is 13.7. The fourth-order valence-electron chi connectivity index (χ4n) is 0.991. The highest BCUT2D eigenvalue weighted by molar-refractivity contribution is 5.75. The van der Waals surface area contributed by atoms with Crippen molar-refractivity contribution in [3.05, 3.63) is 0 Å². The molecule has 0 aliphatic carbocycles. The lowest BCUT2D eigenvalue weighted by molar-refractivity contribution is -0.144. The number of nitrogens with one attached hydrogen (secondary N) is 1. The first-order chi connectivity index (χ1) is 6.90. The smallest absolute Gasteiger partial charge is 0.325 e. The van der Waals surface area contributed by atoms with Crippen LogP contribution in [0, 0.1) is 5.41 Å². The minimum Gasteiger partial charge on any atom is -0.468 e. The Morgan fingerprint density at radius 3 is 2.40 bits per heavy atom. The standard InChI is InChI=1S/C11H23NO3/c1-11(2,3)6-7-15-8-9(12-4)10(13)14-5/h9,12H,6-8H2,1-5H3. The third kappa shape index (κ3) is 7.33. The fourth-order valence-corrected chi connectivity index (χ4v) is 0.991. The zero-order valence-electron chi connectivity index (χ0n) is 10.4. The van der Waals surface area contributed by atoms with Crippen LogP contribution in [0.3, 0.4) is 0 Å². The van der Waals surface area contributed by atoms with Crippen LogP contribution in [0.5, 0.6) is 0 Å². The second-order valence-electron chi connectivity index (χ2n) is 4.75. The van der Waals surface area contributed by atoms with Crippen molar-refractivity contribution in [1.82, 2.24) is 5.32 Å². The van der Waals surface area contributed by atoms with Crippen molar-refractivity contribution in [2.24, 2.45) is 5.41 Å². The molecule has 1 N–H and O–H groups in total. The molecule has 15 heavy (non-hydrogen) atoms. The maximum absolute atomic E-state index is 11.2. The molecular weight excluding hydrogens is 194 g/mol. The van der Waals surface area contributed by atoms with E-state index in [-0.39, 0.29) is 17.4 Å². The van der Waals surface area contributed by atoms with Gasteiger partial charge in [0.05, 0.1) is 13.7 Å². The maximum atomic E-state index is 11.2. The molecular formula is C11H23NO3. The first-order valence-electron chi connectivity index (χ1n) is 5.23. The summed E-state index contributed by atoms with van der Waals surface area (Å²) in [4.78, 5) is 11.2. The summed E-state index contributed by atoms with van der Waals surface area (Å²) in [6.07, 6.45) is 0.977. The average Bonchev–Trinajstić information content (AvgIpc) is 2.15. The summed E-state index contributed by atoms with van der Waals surface area (Å²) in [5, 5.41) is 2.85. The van der Waals surface area contributed by atoms with Crippen molar-refractivity contribution < 1.29 is 14.3 Å². The Morgan fingerprint density at radius 2 is 2.00 bits per heavy atom. The lowest BCUT2D eigenvalue weighted by Crippen LogP contribution is -2.39. The Bertz CT molecular complexity index is 187. The molecule has 0 aromatic rings. The first kappa shape index (κ1) is 14.4. The van der Waals surface area contributed by atoms with Crippen molar-refractivity contribution in [3.63, 3.8) is 0 Å². The molecule has 0 fully saturated rings. The number of ether oxygens (including phenoxy) is 2. The molecule has 4 heteroatoms. The average molecular weight is 217 g/mol. The molecule has 0 bridgehead atoms. The van der Waals surface area contributed by atoms with Crippen LogP contribution in [0.2, 0.25) is 0 Å². The van der Waals surface area contributed by atoms with Crippen LogP contribution in [0.4, 0.5) is 0 Å². The van der Waals surface area contributed by atoms with Crippen molar-refractivity contribution in [2.75, 3.05) is 27.4 Å². The SMILES string of the molecule is CNC(COCCC(C)(C)C)C(=O)OC. The summed E-state index contributed by atoms with van der Waals surface area (Å²) >= 11 is 0. The Morgan fingerprint density at radius 1 is 1.40 bits per heavy atom. The van der Waals surface area contributed by atoms with Crippen molar-refractivity contribution in [2.45, 2.75) is 33.2 Å². The van der Waals surface area contributed by atoms with Gasteiger partial charge in [0, 0.05) is 6.61 Å². The Hall–Kier alpha value is -0.610. The Kier molecular flexibility index (Phi) is 6.52. The van der Waals surface area contributed by atoms with Gasteiger partial charge in [-0.15, -0.1) is 0 Å². The van der Waals surface area contributed by atoms with Gasteiger partial charge < -0.3 is 14.8 Å². The number of methoxy groups -OCH3 is 1. The van der Waals surface area contributed by atoms with Crippen LogP contribution in [-0.4, -0.2) is 39.4 Å². The van der Waals surface area contributed by atoms with E-state index < -0.39 is 0 Å². The second kappa shape index (κ2) is 6.80. The van der Waals surface area contributed by atoms with Gasteiger partial charge in [-0.1, -0.05) is 20.8 Å². The van der Waals surface area contributed by atoms with Gasteiger partial charge in [-0.3, -0.25) is 4.79 Å². The quantitative estimate of drug-likeness (QED) is 0.536. The zero-order valence-corrected chi connectivity index (χ0v) is 10.4. The molecule has 1 atom stereocenters. The van der Waals surface area contributed by atoms with Crippen LogP contribution in [-0.2, 0) is 14.3 Å². The van der Waals surface area contributed by atoms with Gasteiger partial charge in [0.25, 0.3) is 0 Å². The van der Waals surface area contributed by atoms with E-state index in [9.17, 15) is 4.79 Å². The number of hydrogen-bond donors (Lipinski definition) is 1. The number of hydrogen-bond acceptors (Lipinski definition) is 4. The van der Waals surface area contributed by atoms with Gasteiger partial charge in [0.15, 0.2) is 0 Å². The van der Waals surface area contributed by atoms with E-state index in [0.29, 0.717) is 13.2 Å². The van der Waals surface area contributed by atoms with Gasteiger partial charge in [0.1, 0.15) is 6.04 Å². The lowest BCUT2D eigenvalue weighted by atomic mass is 9.93. The predicted molar refractivity (Wildman–Crippen MR) is 59.8 cm³/mol. The van der Waals surface area contributed by atoms with E-state index in [2.05, 4.69) is 30.8 Å². The van der Waals surface area contributed by atoms with E-state index in [1.165, 1.54) is 7.11 Å².